The average molecular weight is 401 g/mol. The summed E-state index contributed by atoms with van der Waals surface area (Å²) in [4.78, 5) is 1.99. The van der Waals surface area contributed by atoms with Gasteiger partial charge in [0, 0.05) is 12.6 Å². The van der Waals surface area contributed by atoms with Crippen molar-refractivity contribution in [3.05, 3.63) is 69.2 Å². The molecule has 0 aliphatic carbocycles. The molecule has 1 unspecified atom stereocenters. The van der Waals surface area contributed by atoms with Gasteiger partial charge in [0.1, 0.15) is 0 Å². The first-order valence-electron chi connectivity index (χ1n) is 7.82. The maximum Gasteiger partial charge on any atom is 0.215 e. The molecule has 2 aromatic rings. The third-order valence-electron chi connectivity index (χ3n) is 3.92. The number of likely N-dealkylation sites (N-methyl/N-ethyl adjacent to an activating group) is 1. The predicted octanol–water partition coefficient (Wildman–Crippen LogP) is 4.02. The van der Waals surface area contributed by atoms with Crippen molar-refractivity contribution >= 4 is 33.2 Å². The molecule has 2 rings (SSSR count). The van der Waals surface area contributed by atoms with Crippen LogP contribution in [0.4, 0.5) is 0 Å². The van der Waals surface area contributed by atoms with E-state index in [-0.39, 0.29) is 11.8 Å². The van der Waals surface area contributed by atoms with Gasteiger partial charge in [-0.15, -0.1) is 0 Å². The van der Waals surface area contributed by atoms with Gasteiger partial charge < -0.3 is 4.90 Å². The number of benzene rings is 2. The zero-order valence-corrected chi connectivity index (χ0v) is 16.8. The van der Waals surface area contributed by atoms with Crippen molar-refractivity contribution < 1.29 is 8.42 Å². The van der Waals surface area contributed by atoms with Crippen LogP contribution >= 0.6 is 23.2 Å². The number of halogens is 2. The Morgan fingerprint density at radius 2 is 1.68 bits per heavy atom. The molecular formula is C18H22Cl2N2O2S. The van der Waals surface area contributed by atoms with Crippen LogP contribution in [0.15, 0.2) is 42.5 Å². The van der Waals surface area contributed by atoms with Crippen LogP contribution < -0.4 is 4.72 Å². The summed E-state index contributed by atoms with van der Waals surface area (Å²) in [6, 6.07) is 12.9. The van der Waals surface area contributed by atoms with E-state index in [0.717, 1.165) is 5.56 Å². The zero-order chi connectivity index (χ0) is 18.6. The lowest BCUT2D eigenvalue weighted by Gasteiger charge is -2.25. The van der Waals surface area contributed by atoms with Crippen molar-refractivity contribution in [1.29, 1.82) is 0 Å². The Morgan fingerprint density at radius 3 is 2.24 bits per heavy atom. The summed E-state index contributed by atoms with van der Waals surface area (Å²) in [5.41, 5.74) is 2.83. The first kappa shape index (κ1) is 20.2. The largest absolute Gasteiger partial charge is 0.301 e. The van der Waals surface area contributed by atoms with Crippen molar-refractivity contribution in [2.24, 2.45) is 0 Å². The van der Waals surface area contributed by atoms with E-state index in [1.165, 1.54) is 5.56 Å². The number of nitrogens with one attached hydrogen (secondary N) is 1. The Morgan fingerprint density at radius 1 is 1.04 bits per heavy atom. The number of aryl methyl sites for hydroxylation is 1. The Kier molecular flexibility index (Phi) is 6.88. The number of sulfonamides is 1. The first-order valence-corrected chi connectivity index (χ1v) is 10.2. The first-order chi connectivity index (χ1) is 11.7. The van der Waals surface area contributed by atoms with Gasteiger partial charge in [-0.05, 0) is 44.3 Å². The molecule has 0 aliphatic heterocycles. The van der Waals surface area contributed by atoms with E-state index in [9.17, 15) is 8.42 Å². The molecule has 1 N–H and O–H groups in total. The molecule has 0 radical (unpaired) electrons. The maximum absolute atomic E-state index is 12.4. The van der Waals surface area contributed by atoms with E-state index in [0.29, 0.717) is 22.2 Å². The van der Waals surface area contributed by atoms with Crippen LogP contribution in [0.25, 0.3) is 0 Å². The predicted molar refractivity (Wildman–Crippen MR) is 105 cm³/mol. The lowest BCUT2D eigenvalue weighted by atomic mass is 10.0. The minimum Gasteiger partial charge on any atom is -0.301 e. The van der Waals surface area contributed by atoms with Crippen molar-refractivity contribution in [3.63, 3.8) is 0 Å². The summed E-state index contributed by atoms with van der Waals surface area (Å²) < 4.78 is 27.5. The van der Waals surface area contributed by atoms with E-state index in [1.54, 1.807) is 18.2 Å². The number of hydrogen-bond donors (Lipinski definition) is 1. The third kappa shape index (κ3) is 5.97. The van der Waals surface area contributed by atoms with Crippen LogP contribution in [-0.2, 0) is 15.8 Å². The molecule has 0 bridgehead atoms. The normalized spacial score (nSPS) is 13.2. The van der Waals surface area contributed by atoms with E-state index < -0.39 is 10.0 Å². The van der Waals surface area contributed by atoms with Gasteiger partial charge in [-0.2, -0.15) is 0 Å². The third-order valence-corrected chi connectivity index (χ3v) is 5.98. The SMILES string of the molecule is Cc1ccc(C(CNS(=O)(=O)Cc2ccc(Cl)c(Cl)c2)N(C)C)cc1. The van der Waals surface area contributed by atoms with Crippen LogP contribution in [0.5, 0.6) is 0 Å². The summed E-state index contributed by atoms with van der Waals surface area (Å²) in [6.45, 7) is 2.31. The van der Waals surface area contributed by atoms with Gasteiger partial charge in [0.2, 0.25) is 10.0 Å². The molecule has 4 nitrogen and oxygen atoms in total. The lowest BCUT2D eigenvalue weighted by Crippen LogP contribution is -2.35. The molecule has 0 heterocycles. The van der Waals surface area contributed by atoms with Crippen molar-refractivity contribution in [1.82, 2.24) is 9.62 Å². The van der Waals surface area contributed by atoms with E-state index in [4.69, 9.17) is 23.2 Å². The van der Waals surface area contributed by atoms with E-state index in [1.807, 2.05) is 50.2 Å². The van der Waals surface area contributed by atoms with Crippen molar-refractivity contribution in [2.75, 3.05) is 20.6 Å². The highest BCUT2D eigenvalue weighted by Crippen LogP contribution is 2.23. The fourth-order valence-corrected chi connectivity index (χ4v) is 3.95. The second kappa shape index (κ2) is 8.52. The topological polar surface area (TPSA) is 49.4 Å². The second-order valence-electron chi connectivity index (χ2n) is 6.25. The van der Waals surface area contributed by atoms with Crippen molar-refractivity contribution in [2.45, 2.75) is 18.7 Å². The van der Waals surface area contributed by atoms with Crippen LogP contribution in [0.3, 0.4) is 0 Å². The Labute approximate surface area is 159 Å². The summed E-state index contributed by atoms with van der Waals surface area (Å²) in [7, 11) is 0.369. The number of rotatable bonds is 7. The number of nitrogens with zero attached hydrogens (tertiary/aromatic N) is 1. The zero-order valence-electron chi connectivity index (χ0n) is 14.5. The average Bonchev–Trinajstić information content (AvgIpc) is 2.52. The van der Waals surface area contributed by atoms with Gasteiger partial charge in [0.25, 0.3) is 0 Å². The molecule has 136 valence electrons. The summed E-state index contributed by atoms with van der Waals surface area (Å²) >= 11 is 11.8. The van der Waals surface area contributed by atoms with Crippen LogP contribution in [0, 0.1) is 6.92 Å². The molecule has 2 aromatic carbocycles. The standard InChI is InChI=1S/C18H22Cl2N2O2S/c1-13-4-7-15(8-5-13)18(22(2)3)11-21-25(23,24)12-14-6-9-16(19)17(20)10-14/h4-10,18,21H,11-12H2,1-3H3. The Bertz CT molecular complexity index is 821. The molecule has 0 saturated carbocycles. The van der Waals surface area contributed by atoms with Gasteiger partial charge in [-0.3, -0.25) is 0 Å². The lowest BCUT2D eigenvalue weighted by molar-refractivity contribution is 0.299. The van der Waals surface area contributed by atoms with Crippen molar-refractivity contribution in [3.8, 4) is 0 Å². The van der Waals surface area contributed by atoms with Gasteiger partial charge in [0.15, 0.2) is 0 Å². The summed E-state index contributed by atoms with van der Waals surface area (Å²) in [6.07, 6.45) is 0. The molecule has 0 aliphatic rings. The van der Waals surface area contributed by atoms with Gasteiger partial charge in [-0.1, -0.05) is 59.1 Å². The van der Waals surface area contributed by atoms with Gasteiger partial charge in [0.05, 0.1) is 15.8 Å². The fourth-order valence-electron chi connectivity index (χ4n) is 2.49. The Balaban J connectivity index is 2.07. The summed E-state index contributed by atoms with van der Waals surface area (Å²) in [5, 5.41) is 0.753. The van der Waals surface area contributed by atoms with E-state index >= 15 is 0 Å². The maximum atomic E-state index is 12.4. The van der Waals surface area contributed by atoms with Crippen LogP contribution in [0.2, 0.25) is 10.0 Å². The number of hydrogen-bond acceptors (Lipinski definition) is 3. The quantitative estimate of drug-likeness (QED) is 0.762. The molecule has 7 heteroatoms. The molecule has 0 saturated heterocycles. The molecule has 0 aromatic heterocycles. The smallest absolute Gasteiger partial charge is 0.215 e. The fraction of sp³-hybridized carbons (Fsp3) is 0.333. The molecule has 0 fully saturated rings. The Hall–Kier alpha value is -1.11. The molecule has 1 atom stereocenters. The van der Waals surface area contributed by atoms with Gasteiger partial charge in [-0.25, -0.2) is 13.1 Å². The molecule has 0 spiro atoms. The molecule has 25 heavy (non-hydrogen) atoms. The highest BCUT2D eigenvalue weighted by Gasteiger charge is 2.19. The van der Waals surface area contributed by atoms with Gasteiger partial charge >= 0.3 is 0 Å². The van der Waals surface area contributed by atoms with Crippen LogP contribution in [-0.4, -0.2) is 34.0 Å². The minimum atomic E-state index is -3.49. The van der Waals surface area contributed by atoms with E-state index in [2.05, 4.69) is 4.72 Å². The minimum absolute atomic E-state index is 0.0517. The van der Waals surface area contributed by atoms with Crippen LogP contribution in [0.1, 0.15) is 22.7 Å². The highest BCUT2D eigenvalue weighted by molar-refractivity contribution is 7.88. The molecular weight excluding hydrogens is 379 g/mol. The monoisotopic (exact) mass is 400 g/mol. The summed E-state index contributed by atoms with van der Waals surface area (Å²) in [5.74, 6) is -0.141. The molecule has 0 amide bonds. The second-order valence-corrected chi connectivity index (χ2v) is 8.87. The highest BCUT2D eigenvalue weighted by atomic mass is 35.5.